The summed E-state index contributed by atoms with van der Waals surface area (Å²) in [7, 11) is -1.69. The van der Waals surface area contributed by atoms with Gasteiger partial charge in [-0.1, -0.05) is 13.3 Å². The van der Waals surface area contributed by atoms with Gasteiger partial charge < -0.3 is 9.47 Å². The van der Waals surface area contributed by atoms with Crippen LogP contribution in [0, 0.1) is 0 Å². The Hall–Kier alpha value is -1.93. The summed E-state index contributed by atoms with van der Waals surface area (Å²) >= 11 is 0. The normalized spacial score (nSPS) is 16.5. The van der Waals surface area contributed by atoms with Crippen molar-refractivity contribution in [3.63, 3.8) is 0 Å². The molecule has 25 heavy (non-hydrogen) atoms. The van der Waals surface area contributed by atoms with E-state index in [0.717, 1.165) is 18.4 Å². The lowest BCUT2D eigenvalue weighted by atomic mass is 10.2. The van der Waals surface area contributed by atoms with E-state index < -0.39 is 10.0 Å². The lowest BCUT2D eigenvalue weighted by molar-refractivity contribution is -0.132. The Bertz CT molecular complexity index is 867. The van der Waals surface area contributed by atoms with Crippen LogP contribution in [0.25, 0.3) is 11.0 Å². The maximum Gasteiger partial charge on any atom is 0.243 e. The number of hydrogen-bond donors (Lipinski definition) is 0. The van der Waals surface area contributed by atoms with Crippen molar-refractivity contribution in [3.05, 3.63) is 24.5 Å². The Kier molecular flexibility index (Phi) is 5.10. The van der Waals surface area contributed by atoms with Crippen LogP contribution in [0.2, 0.25) is 0 Å². The minimum Gasteiger partial charge on any atom is -0.340 e. The molecule has 0 unspecified atom stereocenters. The average molecular weight is 364 g/mol. The van der Waals surface area contributed by atoms with E-state index in [1.807, 2.05) is 11.6 Å². The Morgan fingerprint density at radius 3 is 2.60 bits per heavy atom. The van der Waals surface area contributed by atoms with Crippen LogP contribution in [0.15, 0.2) is 29.4 Å². The first-order chi connectivity index (χ1) is 11.9. The van der Waals surface area contributed by atoms with Crippen molar-refractivity contribution in [2.45, 2.75) is 31.1 Å². The fourth-order valence-electron chi connectivity index (χ4n) is 3.09. The highest BCUT2D eigenvalue weighted by Gasteiger charge is 2.30. The number of rotatable bonds is 5. The van der Waals surface area contributed by atoms with Crippen molar-refractivity contribution >= 4 is 27.0 Å². The smallest absolute Gasteiger partial charge is 0.243 e. The third kappa shape index (κ3) is 3.55. The second-order valence-electron chi connectivity index (χ2n) is 6.39. The van der Waals surface area contributed by atoms with Crippen LogP contribution >= 0.6 is 0 Å². The Balaban J connectivity index is 1.71. The van der Waals surface area contributed by atoms with Crippen LogP contribution in [-0.2, 0) is 21.9 Å². The number of hydrogen-bond acceptors (Lipinski definition) is 4. The molecule has 1 aromatic heterocycles. The number of aryl methyl sites for hydroxylation is 1. The highest BCUT2D eigenvalue weighted by Crippen LogP contribution is 2.22. The van der Waals surface area contributed by atoms with Gasteiger partial charge in [0.15, 0.2) is 0 Å². The molecule has 0 atom stereocenters. The molecule has 1 amide bonds. The van der Waals surface area contributed by atoms with Crippen molar-refractivity contribution < 1.29 is 13.2 Å². The molecule has 1 fully saturated rings. The standard InChI is InChI=1S/C17H24N4O3S/c1-3-4-5-17(22)20-8-10-21(11-9-20)25(23,24)14-6-7-16-15(12-14)18-13-19(16)2/h6-7,12-13H,3-5,8-11H2,1-2H3. The number of carbonyl (C=O) groups excluding carboxylic acids is 1. The average Bonchev–Trinajstić information content (AvgIpc) is 3.00. The maximum atomic E-state index is 12.9. The molecule has 7 nitrogen and oxygen atoms in total. The molecule has 0 bridgehead atoms. The van der Waals surface area contributed by atoms with Gasteiger partial charge in [-0.05, 0) is 24.6 Å². The fourth-order valence-corrected chi connectivity index (χ4v) is 4.53. The Labute approximate surface area is 148 Å². The minimum atomic E-state index is -3.56. The number of benzene rings is 1. The molecule has 3 rings (SSSR count). The predicted molar refractivity (Wildman–Crippen MR) is 95.6 cm³/mol. The van der Waals surface area contributed by atoms with E-state index in [1.165, 1.54) is 4.31 Å². The van der Waals surface area contributed by atoms with Crippen LogP contribution in [-0.4, -0.2) is 59.3 Å². The number of aromatic nitrogens is 2. The van der Waals surface area contributed by atoms with Crippen LogP contribution in [0.5, 0.6) is 0 Å². The maximum absolute atomic E-state index is 12.9. The summed E-state index contributed by atoms with van der Waals surface area (Å²) < 4.78 is 29.1. The summed E-state index contributed by atoms with van der Waals surface area (Å²) in [4.78, 5) is 18.3. The zero-order valence-corrected chi connectivity index (χ0v) is 15.5. The van der Waals surface area contributed by atoms with E-state index in [-0.39, 0.29) is 10.8 Å². The molecule has 2 aromatic rings. The van der Waals surface area contributed by atoms with Crippen LogP contribution < -0.4 is 0 Å². The first-order valence-corrected chi connectivity index (χ1v) is 10.1. The van der Waals surface area contributed by atoms with Crippen LogP contribution in [0.3, 0.4) is 0 Å². The van der Waals surface area contributed by atoms with Gasteiger partial charge >= 0.3 is 0 Å². The van der Waals surface area contributed by atoms with E-state index in [1.54, 1.807) is 29.4 Å². The number of piperazine rings is 1. The first-order valence-electron chi connectivity index (χ1n) is 8.62. The molecular formula is C17H24N4O3S. The van der Waals surface area contributed by atoms with Gasteiger partial charge in [0.25, 0.3) is 0 Å². The number of amides is 1. The number of unbranched alkanes of at least 4 members (excludes halogenated alkanes) is 1. The van der Waals surface area contributed by atoms with Gasteiger partial charge in [-0.15, -0.1) is 0 Å². The summed E-state index contributed by atoms with van der Waals surface area (Å²) in [5, 5.41) is 0. The SMILES string of the molecule is CCCCC(=O)N1CCN(S(=O)(=O)c2ccc3c(c2)ncn3C)CC1. The zero-order valence-electron chi connectivity index (χ0n) is 14.7. The second kappa shape index (κ2) is 7.13. The van der Waals surface area contributed by atoms with Gasteiger partial charge in [0.05, 0.1) is 22.3 Å². The molecule has 1 aliphatic rings. The quantitative estimate of drug-likeness (QED) is 0.807. The van der Waals surface area contributed by atoms with Gasteiger partial charge in [-0.3, -0.25) is 4.79 Å². The van der Waals surface area contributed by atoms with Gasteiger partial charge in [0.2, 0.25) is 15.9 Å². The number of carbonyl (C=O) groups is 1. The lowest BCUT2D eigenvalue weighted by Gasteiger charge is -2.34. The molecule has 0 N–H and O–H groups in total. The third-order valence-electron chi connectivity index (χ3n) is 4.67. The Morgan fingerprint density at radius 1 is 1.20 bits per heavy atom. The highest BCUT2D eigenvalue weighted by atomic mass is 32.2. The van der Waals surface area contributed by atoms with Crippen molar-refractivity contribution in [1.82, 2.24) is 18.8 Å². The van der Waals surface area contributed by atoms with E-state index in [2.05, 4.69) is 11.9 Å². The van der Waals surface area contributed by atoms with Gasteiger partial charge in [-0.2, -0.15) is 4.31 Å². The molecule has 0 radical (unpaired) electrons. The number of sulfonamides is 1. The van der Waals surface area contributed by atoms with Crippen molar-refractivity contribution in [1.29, 1.82) is 0 Å². The topological polar surface area (TPSA) is 75.5 Å². The monoisotopic (exact) mass is 364 g/mol. The molecule has 8 heteroatoms. The van der Waals surface area contributed by atoms with E-state index in [4.69, 9.17) is 0 Å². The first kappa shape index (κ1) is 17.9. The van der Waals surface area contributed by atoms with E-state index >= 15 is 0 Å². The fraction of sp³-hybridized carbons (Fsp3) is 0.529. The summed E-state index contributed by atoms with van der Waals surface area (Å²) in [6.07, 6.45) is 4.07. The van der Waals surface area contributed by atoms with Gasteiger partial charge in [-0.25, -0.2) is 13.4 Å². The van der Waals surface area contributed by atoms with Crippen LogP contribution in [0.4, 0.5) is 0 Å². The minimum absolute atomic E-state index is 0.119. The number of fused-ring (bicyclic) bond motifs is 1. The number of nitrogens with zero attached hydrogens (tertiary/aromatic N) is 4. The Morgan fingerprint density at radius 2 is 1.92 bits per heavy atom. The van der Waals surface area contributed by atoms with Gasteiger partial charge in [0.1, 0.15) is 0 Å². The van der Waals surface area contributed by atoms with Crippen molar-refractivity contribution in [2.75, 3.05) is 26.2 Å². The molecule has 0 aliphatic carbocycles. The molecule has 1 saturated heterocycles. The highest BCUT2D eigenvalue weighted by molar-refractivity contribution is 7.89. The van der Waals surface area contributed by atoms with Crippen molar-refractivity contribution in [3.8, 4) is 0 Å². The van der Waals surface area contributed by atoms with Crippen LogP contribution in [0.1, 0.15) is 26.2 Å². The van der Waals surface area contributed by atoms with Crippen molar-refractivity contribution in [2.24, 2.45) is 7.05 Å². The molecule has 0 saturated carbocycles. The lowest BCUT2D eigenvalue weighted by Crippen LogP contribution is -2.50. The molecular weight excluding hydrogens is 340 g/mol. The zero-order chi connectivity index (χ0) is 18.0. The van der Waals surface area contributed by atoms with Gasteiger partial charge in [0, 0.05) is 39.6 Å². The molecule has 2 heterocycles. The summed E-state index contributed by atoms with van der Waals surface area (Å²) in [6, 6.07) is 5.02. The summed E-state index contributed by atoms with van der Waals surface area (Å²) in [5.74, 6) is 0.119. The summed E-state index contributed by atoms with van der Waals surface area (Å²) in [5.41, 5.74) is 1.56. The second-order valence-corrected chi connectivity index (χ2v) is 8.33. The van der Waals surface area contributed by atoms with E-state index in [0.29, 0.717) is 38.1 Å². The third-order valence-corrected chi connectivity index (χ3v) is 6.56. The molecule has 0 spiro atoms. The predicted octanol–water partition coefficient (Wildman–Crippen LogP) is 1.60. The molecule has 136 valence electrons. The molecule has 1 aromatic carbocycles. The number of imidazole rings is 1. The molecule has 1 aliphatic heterocycles. The van der Waals surface area contributed by atoms with E-state index in [9.17, 15) is 13.2 Å². The summed E-state index contributed by atoms with van der Waals surface area (Å²) in [6.45, 7) is 3.62. The largest absolute Gasteiger partial charge is 0.340 e.